The second kappa shape index (κ2) is 4.93. The van der Waals surface area contributed by atoms with E-state index in [1.165, 1.54) is 24.4 Å². The highest BCUT2D eigenvalue weighted by molar-refractivity contribution is 5.95. The number of nitrogen functional groups attached to an aromatic ring is 1. The molecule has 0 aliphatic rings. The van der Waals surface area contributed by atoms with Crippen molar-refractivity contribution >= 4 is 23.2 Å². The maximum Gasteiger partial charge on any atom is 0.338 e. The van der Waals surface area contributed by atoms with Crippen LogP contribution in [0.15, 0.2) is 30.5 Å². The number of hydrogen-bond donors (Lipinski definition) is 3. The number of aryl methyl sites for hydroxylation is 1. The number of nitrogens with one attached hydrogen (secondary N) is 1. The highest BCUT2D eigenvalue weighted by Gasteiger charge is 2.12. The van der Waals surface area contributed by atoms with E-state index in [1.807, 2.05) is 0 Å². The molecule has 0 bridgehead atoms. The summed E-state index contributed by atoms with van der Waals surface area (Å²) in [5.41, 5.74) is 6.96. The molecule has 0 saturated heterocycles. The standard InChI is InChI=1S/C13H12FN3O2/c1-7-2-3-8(14)4-10(7)17-11-6-16-12(15)5-9(11)13(18)19/h2-6,17H,1H3,(H2,15,16)(H,18,19). The van der Waals surface area contributed by atoms with Crippen LogP contribution in [-0.4, -0.2) is 16.1 Å². The number of nitrogens with two attached hydrogens (primary N) is 1. The Morgan fingerprint density at radius 3 is 2.79 bits per heavy atom. The Bertz CT molecular complexity index is 644. The van der Waals surface area contributed by atoms with Gasteiger partial charge in [0.25, 0.3) is 0 Å². The van der Waals surface area contributed by atoms with Gasteiger partial charge in [0.05, 0.1) is 17.4 Å². The van der Waals surface area contributed by atoms with Crippen molar-refractivity contribution in [2.24, 2.45) is 0 Å². The molecule has 0 radical (unpaired) electrons. The molecule has 2 rings (SSSR count). The number of hydrogen-bond acceptors (Lipinski definition) is 4. The predicted octanol–water partition coefficient (Wildman–Crippen LogP) is 2.55. The van der Waals surface area contributed by atoms with Crippen molar-refractivity contribution in [3.63, 3.8) is 0 Å². The Kier molecular flexibility index (Phi) is 3.33. The Morgan fingerprint density at radius 1 is 1.37 bits per heavy atom. The van der Waals surface area contributed by atoms with E-state index in [0.29, 0.717) is 5.69 Å². The minimum atomic E-state index is -1.13. The van der Waals surface area contributed by atoms with Crippen molar-refractivity contribution in [2.45, 2.75) is 6.92 Å². The topological polar surface area (TPSA) is 88.2 Å². The van der Waals surface area contributed by atoms with E-state index < -0.39 is 11.8 Å². The summed E-state index contributed by atoms with van der Waals surface area (Å²) in [6.07, 6.45) is 1.31. The lowest BCUT2D eigenvalue weighted by Crippen LogP contribution is -2.06. The Morgan fingerprint density at radius 2 is 2.11 bits per heavy atom. The minimum Gasteiger partial charge on any atom is -0.478 e. The average molecular weight is 261 g/mol. The lowest BCUT2D eigenvalue weighted by Gasteiger charge is -2.12. The summed E-state index contributed by atoms with van der Waals surface area (Å²) in [6, 6.07) is 5.47. The van der Waals surface area contributed by atoms with E-state index in [2.05, 4.69) is 10.3 Å². The smallest absolute Gasteiger partial charge is 0.338 e. The first-order valence-electron chi connectivity index (χ1n) is 5.49. The van der Waals surface area contributed by atoms with Crippen molar-refractivity contribution in [3.05, 3.63) is 47.4 Å². The maximum absolute atomic E-state index is 13.2. The molecule has 0 fully saturated rings. The summed E-state index contributed by atoms with van der Waals surface area (Å²) in [6.45, 7) is 1.78. The van der Waals surface area contributed by atoms with Gasteiger partial charge >= 0.3 is 5.97 Å². The molecule has 0 unspecified atom stereocenters. The minimum absolute atomic E-state index is 0.0174. The number of carbonyl (C=O) groups is 1. The van der Waals surface area contributed by atoms with Crippen LogP contribution in [0.1, 0.15) is 15.9 Å². The third-order valence-corrected chi connectivity index (χ3v) is 2.62. The largest absolute Gasteiger partial charge is 0.478 e. The third kappa shape index (κ3) is 2.79. The molecule has 6 heteroatoms. The average Bonchev–Trinajstić information content (AvgIpc) is 2.35. The number of anilines is 3. The summed E-state index contributed by atoms with van der Waals surface area (Å²) in [7, 11) is 0. The molecule has 0 atom stereocenters. The van der Waals surface area contributed by atoms with E-state index >= 15 is 0 Å². The first kappa shape index (κ1) is 12.8. The van der Waals surface area contributed by atoms with Gasteiger partial charge in [-0.05, 0) is 30.7 Å². The lowest BCUT2D eigenvalue weighted by atomic mass is 10.1. The van der Waals surface area contributed by atoms with Gasteiger partial charge in [-0.25, -0.2) is 14.2 Å². The fourth-order valence-electron chi connectivity index (χ4n) is 1.62. The number of aromatic nitrogens is 1. The molecular formula is C13H12FN3O2. The van der Waals surface area contributed by atoms with Gasteiger partial charge in [-0.3, -0.25) is 0 Å². The Labute approximate surface area is 108 Å². The van der Waals surface area contributed by atoms with Crippen LogP contribution in [-0.2, 0) is 0 Å². The van der Waals surface area contributed by atoms with E-state index in [4.69, 9.17) is 10.8 Å². The molecule has 1 heterocycles. The third-order valence-electron chi connectivity index (χ3n) is 2.62. The van der Waals surface area contributed by atoms with Crippen molar-refractivity contribution in [1.82, 2.24) is 4.98 Å². The van der Waals surface area contributed by atoms with Crippen LogP contribution in [0.3, 0.4) is 0 Å². The second-order valence-electron chi connectivity index (χ2n) is 4.04. The molecule has 0 amide bonds. The van der Waals surface area contributed by atoms with Gasteiger partial charge in [0.1, 0.15) is 11.6 Å². The van der Waals surface area contributed by atoms with Crippen LogP contribution in [0.5, 0.6) is 0 Å². The van der Waals surface area contributed by atoms with Gasteiger partial charge in [0, 0.05) is 5.69 Å². The number of nitrogens with zero attached hydrogens (tertiary/aromatic N) is 1. The number of pyridine rings is 1. The first-order valence-corrected chi connectivity index (χ1v) is 5.49. The number of aromatic carboxylic acids is 1. The summed E-state index contributed by atoms with van der Waals surface area (Å²) < 4.78 is 13.2. The molecule has 5 nitrogen and oxygen atoms in total. The number of halogens is 1. The van der Waals surface area contributed by atoms with Crippen LogP contribution in [0.25, 0.3) is 0 Å². The fraction of sp³-hybridized carbons (Fsp3) is 0.0769. The molecule has 1 aromatic carbocycles. The molecule has 0 aliphatic heterocycles. The quantitative estimate of drug-likeness (QED) is 0.790. The van der Waals surface area contributed by atoms with Crippen LogP contribution in [0.2, 0.25) is 0 Å². The van der Waals surface area contributed by atoms with E-state index in [0.717, 1.165) is 5.56 Å². The molecule has 4 N–H and O–H groups in total. The van der Waals surface area contributed by atoms with Gasteiger partial charge in [-0.2, -0.15) is 0 Å². The zero-order chi connectivity index (χ0) is 14.0. The van der Waals surface area contributed by atoms with Crippen LogP contribution >= 0.6 is 0 Å². The van der Waals surface area contributed by atoms with E-state index in [9.17, 15) is 9.18 Å². The maximum atomic E-state index is 13.2. The zero-order valence-corrected chi connectivity index (χ0v) is 10.1. The molecule has 1 aromatic heterocycles. The molecule has 98 valence electrons. The van der Waals surface area contributed by atoms with Gasteiger partial charge in [-0.15, -0.1) is 0 Å². The molecular weight excluding hydrogens is 249 g/mol. The van der Waals surface area contributed by atoms with E-state index in [-0.39, 0.29) is 17.1 Å². The second-order valence-corrected chi connectivity index (χ2v) is 4.04. The molecule has 0 spiro atoms. The van der Waals surface area contributed by atoms with Crippen LogP contribution in [0, 0.1) is 12.7 Å². The summed E-state index contributed by atoms with van der Waals surface area (Å²) in [5.74, 6) is -1.43. The van der Waals surface area contributed by atoms with Crippen molar-refractivity contribution in [2.75, 3.05) is 11.1 Å². The van der Waals surface area contributed by atoms with Gasteiger partial charge in [-0.1, -0.05) is 6.07 Å². The lowest BCUT2D eigenvalue weighted by molar-refractivity contribution is 0.0698. The SMILES string of the molecule is Cc1ccc(F)cc1Nc1cnc(N)cc1C(=O)O. The van der Waals surface area contributed by atoms with Gasteiger partial charge in [0.2, 0.25) is 0 Å². The van der Waals surface area contributed by atoms with Crippen LogP contribution in [0.4, 0.5) is 21.6 Å². The molecule has 0 aliphatic carbocycles. The highest BCUT2D eigenvalue weighted by atomic mass is 19.1. The van der Waals surface area contributed by atoms with Crippen molar-refractivity contribution in [1.29, 1.82) is 0 Å². The summed E-state index contributed by atoms with van der Waals surface area (Å²) >= 11 is 0. The molecule has 2 aromatic rings. The highest BCUT2D eigenvalue weighted by Crippen LogP contribution is 2.24. The Hall–Kier alpha value is -2.63. The monoisotopic (exact) mass is 261 g/mol. The molecule has 0 saturated carbocycles. The number of carboxylic acids is 1. The van der Waals surface area contributed by atoms with Gasteiger partial charge < -0.3 is 16.2 Å². The Balaban J connectivity index is 2.43. The van der Waals surface area contributed by atoms with E-state index in [1.54, 1.807) is 13.0 Å². The predicted molar refractivity (Wildman–Crippen MR) is 70.0 cm³/mol. The molecule has 19 heavy (non-hydrogen) atoms. The zero-order valence-electron chi connectivity index (χ0n) is 10.1. The number of benzene rings is 1. The van der Waals surface area contributed by atoms with Crippen LogP contribution < -0.4 is 11.1 Å². The number of carboxylic acid groups (broad SMARTS) is 1. The van der Waals surface area contributed by atoms with Crippen molar-refractivity contribution in [3.8, 4) is 0 Å². The number of rotatable bonds is 3. The summed E-state index contributed by atoms with van der Waals surface area (Å²) in [4.78, 5) is 14.9. The van der Waals surface area contributed by atoms with Crippen molar-refractivity contribution < 1.29 is 14.3 Å². The first-order chi connectivity index (χ1) is 8.97. The summed E-state index contributed by atoms with van der Waals surface area (Å²) in [5, 5.41) is 11.9. The van der Waals surface area contributed by atoms with Gasteiger partial charge in [0.15, 0.2) is 0 Å². The fourth-order valence-corrected chi connectivity index (χ4v) is 1.62. The normalized spacial score (nSPS) is 10.2.